The zero-order valence-corrected chi connectivity index (χ0v) is 21.9. The molecule has 0 aliphatic carbocycles. The fourth-order valence-corrected chi connectivity index (χ4v) is 6.62. The molecule has 0 radical (unpaired) electrons. The van der Waals surface area contributed by atoms with Crippen LogP contribution in [0.3, 0.4) is 0 Å². The topological polar surface area (TPSA) is 125 Å². The van der Waals surface area contributed by atoms with E-state index in [0.29, 0.717) is 18.0 Å². The van der Waals surface area contributed by atoms with Crippen molar-refractivity contribution in [3.63, 3.8) is 0 Å². The first-order valence-corrected chi connectivity index (χ1v) is 13.3. The van der Waals surface area contributed by atoms with Gasteiger partial charge in [-0.2, -0.15) is 26.3 Å². The lowest BCUT2D eigenvalue weighted by atomic mass is 9.94. The minimum absolute atomic E-state index is 0.0257. The van der Waals surface area contributed by atoms with Crippen molar-refractivity contribution in [3.05, 3.63) is 83.9 Å². The zero-order valence-electron chi connectivity index (χ0n) is 21.1. The van der Waals surface area contributed by atoms with Crippen LogP contribution in [-0.2, 0) is 26.0 Å². The molecule has 2 unspecified atom stereocenters. The van der Waals surface area contributed by atoms with Crippen LogP contribution in [0.15, 0.2) is 71.9 Å². The summed E-state index contributed by atoms with van der Waals surface area (Å²) < 4.78 is 103. The number of hydrogen-bond donors (Lipinski definition) is 2. The molecule has 0 spiro atoms. The third kappa shape index (κ3) is 7.82. The van der Waals surface area contributed by atoms with E-state index in [-0.39, 0.29) is 11.7 Å². The molecule has 2 aliphatic rings. The maximum absolute atomic E-state index is 13.2. The fourth-order valence-electron chi connectivity index (χ4n) is 4.42. The molecule has 1 aromatic heterocycles. The number of likely N-dealkylation sites (tertiary alicyclic amines) is 1. The van der Waals surface area contributed by atoms with E-state index in [0.717, 1.165) is 28.8 Å². The molecule has 1 fully saturated rings. The number of hydrogen-bond acceptors (Lipinski definition) is 6. The number of carbonyl (C=O) groups is 2. The third-order valence-corrected chi connectivity index (χ3v) is 8.53. The molecule has 42 heavy (non-hydrogen) atoms. The molecule has 3 heterocycles. The Bertz CT molecular complexity index is 1510. The smallest absolute Gasteiger partial charge is 0.475 e. The number of carboxylic acid groups (broad SMARTS) is 2. The van der Waals surface area contributed by atoms with Crippen molar-refractivity contribution in [2.75, 3.05) is 13.1 Å². The van der Waals surface area contributed by atoms with Gasteiger partial charge in [0.1, 0.15) is 5.82 Å². The Labute approximate surface area is 234 Å². The monoisotopic (exact) mass is 622 g/mol. The fraction of sp³-hybridized carbons (Fsp3) is 0.269. The van der Waals surface area contributed by atoms with Crippen LogP contribution in [-0.4, -0.2) is 71.1 Å². The Hall–Kier alpha value is -4.05. The van der Waals surface area contributed by atoms with Crippen LogP contribution in [0.4, 0.5) is 30.7 Å². The number of halogens is 7. The first-order chi connectivity index (χ1) is 19.4. The number of fused-ring (bicyclic) bond motifs is 3. The van der Waals surface area contributed by atoms with Crippen LogP contribution >= 0.6 is 0 Å². The van der Waals surface area contributed by atoms with E-state index >= 15 is 0 Å². The van der Waals surface area contributed by atoms with Crippen molar-refractivity contribution in [2.24, 2.45) is 0 Å². The van der Waals surface area contributed by atoms with Crippen LogP contribution in [0.1, 0.15) is 17.0 Å². The van der Waals surface area contributed by atoms with Crippen molar-refractivity contribution in [1.82, 2.24) is 9.88 Å². The van der Waals surface area contributed by atoms with E-state index in [1.165, 1.54) is 12.1 Å². The zero-order chi connectivity index (χ0) is 31.5. The maximum Gasteiger partial charge on any atom is 0.490 e. The molecule has 0 bridgehead atoms. The van der Waals surface area contributed by atoms with Crippen molar-refractivity contribution < 1.29 is 59.0 Å². The Morgan fingerprint density at radius 2 is 1.33 bits per heavy atom. The SMILES string of the molecule is O=C(O)C(F)(F)F.O=C(O)C(F)(F)F.O=S1(=O)c2ccc(-c3ccc(F)cc3)cc2C2CN(Cc3ccncc3)CC21. The number of aliphatic carboxylic acids is 2. The van der Waals surface area contributed by atoms with Gasteiger partial charge in [0.05, 0.1) is 10.1 Å². The molecule has 8 nitrogen and oxygen atoms in total. The van der Waals surface area contributed by atoms with Crippen LogP contribution < -0.4 is 0 Å². The standard InChI is InChI=1S/C22H19FN2O2S.2C2HF3O2/c23-18-4-1-16(2-5-18)17-3-6-21-19(11-17)20-13-25(14-22(20)28(21,26)27)12-15-7-9-24-10-8-15;2*3-2(4,5)1(6)7/h1-11,20,22H,12-14H2;2*(H,6,7). The normalized spacial score (nSPS) is 18.9. The van der Waals surface area contributed by atoms with Gasteiger partial charge in [0.25, 0.3) is 0 Å². The number of alkyl halides is 6. The summed E-state index contributed by atoms with van der Waals surface area (Å²) in [5.74, 6) is -5.82. The Kier molecular flexibility index (Phi) is 9.62. The summed E-state index contributed by atoms with van der Waals surface area (Å²) in [5.41, 5.74) is 3.83. The lowest BCUT2D eigenvalue weighted by Crippen LogP contribution is -2.25. The largest absolute Gasteiger partial charge is 0.490 e. The predicted octanol–water partition coefficient (Wildman–Crippen LogP) is 4.91. The van der Waals surface area contributed by atoms with Gasteiger partial charge >= 0.3 is 24.3 Å². The number of carboxylic acids is 2. The quantitative estimate of drug-likeness (QED) is 0.395. The van der Waals surface area contributed by atoms with E-state index < -0.39 is 39.4 Å². The summed E-state index contributed by atoms with van der Waals surface area (Å²) in [6.45, 7) is 1.97. The van der Waals surface area contributed by atoms with Gasteiger partial charge in [0.15, 0.2) is 9.84 Å². The summed E-state index contributed by atoms with van der Waals surface area (Å²) in [6.07, 6.45) is -6.65. The van der Waals surface area contributed by atoms with Crippen LogP contribution in [0.25, 0.3) is 11.1 Å². The van der Waals surface area contributed by atoms with E-state index in [2.05, 4.69) is 9.88 Å². The van der Waals surface area contributed by atoms with Crippen molar-refractivity contribution in [1.29, 1.82) is 0 Å². The van der Waals surface area contributed by atoms with Crippen LogP contribution in [0, 0.1) is 5.82 Å². The second kappa shape index (κ2) is 12.4. The molecule has 2 aromatic carbocycles. The minimum Gasteiger partial charge on any atom is -0.475 e. The highest BCUT2D eigenvalue weighted by Gasteiger charge is 2.50. The van der Waals surface area contributed by atoms with Gasteiger partial charge in [-0.3, -0.25) is 9.88 Å². The molecule has 226 valence electrons. The van der Waals surface area contributed by atoms with Gasteiger partial charge in [-0.1, -0.05) is 18.2 Å². The van der Waals surface area contributed by atoms with Gasteiger partial charge in [0, 0.05) is 37.9 Å². The first-order valence-electron chi connectivity index (χ1n) is 11.8. The van der Waals surface area contributed by atoms with Gasteiger partial charge in [-0.15, -0.1) is 0 Å². The lowest BCUT2D eigenvalue weighted by molar-refractivity contribution is -0.193. The number of sulfone groups is 1. The molecule has 2 atom stereocenters. The molecule has 0 amide bonds. The average Bonchev–Trinajstić information content (AvgIpc) is 3.41. The van der Waals surface area contributed by atoms with Crippen molar-refractivity contribution in [2.45, 2.75) is 35.0 Å². The summed E-state index contributed by atoms with van der Waals surface area (Å²) >= 11 is 0. The van der Waals surface area contributed by atoms with E-state index in [4.69, 9.17) is 19.8 Å². The van der Waals surface area contributed by atoms with E-state index in [1.807, 2.05) is 24.3 Å². The van der Waals surface area contributed by atoms with Gasteiger partial charge in [0.2, 0.25) is 0 Å². The Balaban J connectivity index is 0.000000289. The molecule has 16 heteroatoms. The lowest BCUT2D eigenvalue weighted by Gasteiger charge is -2.17. The summed E-state index contributed by atoms with van der Waals surface area (Å²) in [7, 11) is -3.33. The predicted molar refractivity (Wildman–Crippen MR) is 132 cm³/mol. The number of pyridine rings is 1. The summed E-state index contributed by atoms with van der Waals surface area (Å²) in [6, 6.07) is 15.7. The Morgan fingerprint density at radius 3 is 1.83 bits per heavy atom. The molecule has 5 rings (SSSR count). The number of rotatable bonds is 3. The molecular weight excluding hydrogens is 601 g/mol. The Morgan fingerprint density at radius 1 is 0.833 bits per heavy atom. The second-order valence-electron chi connectivity index (χ2n) is 9.10. The molecule has 3 aromatic rings. The molecule has 2 N–H and O–H groups in total. The number of benzene rings is 2. The molecule has 0 saturated carbocycles. The van der Waals surface area contributed by atoms with E-state index in [9.17, 15) is 39.2 Å². The van der Waals surface area contributed by atoms with Crippen molar-refractivity contribution >= 4 is 21.8 Å². The molecular formula is C26H21F7N2O6S. The van der Waals surface area contributed by atoms with Gasteiger partial charge in [-0.05, 0) is 58.7 Å². The molecule has 2 aliphatic heterocycles. The number of aromatic nitrogens is 1. The van der Waals surface area contributed by atoms with Gasteiger partial charge < -0.3 is 10.2 Å². The van der Waals surface area contributed by atoms with E-state index in [1.54, 1.807) is 30.6 Å². The maximum atomic E-state index is 13.2. The van der Waals surface area contributed by atoms with Crippen LogP contribution in [0.5, 0.6) is 0 Å². The van der Waals surface area contributed by atoms with Gasteiger partial charge in [-0.25, -0.2) is 22.4 Å². The minimum atomic E-state index is -5.08. The highest BCUT2D eigenvalue weighted by Crippen LogP contribution is 2.46. The summed E-state index contributed by atoms with van der Waals surface area (Å²) in [5, 5.41) is 13.9. The third-order valence-electron chi connectivity index (χ3n) is 6.27. The highest BCUT2D eigenvalue weighted by atomic mass is 32.2. The highest BCUT2D eigenvalue weighted by molar-refractivity contribution is 7.92. The second-order valence-corrected chi connectivity index (χ2v) is 11.2. The average molecular weight is 623 g/mol. The number of nitrogens with zero attached hydrogens (tertiary/aromatic N) is 2. The first kappa shape index (κ1) is 32.5. The van der Waals surface area contributed by atoms with Crippen molar-refractivity contribution in [3.8, 4) is 11.1 Å². The molecule has 1 saturated heterocycles. The van der Waals surface area contributed by atoms with Crippen LogP contribution in [0.2, 0.25) is 0 Å². The summed E-state index contributed by atoms with van der Waals surface area (Å²) in [4.78, 5) is 24.5.